The topological polar surface area (TPSA) is 66.4 Å². The molecule has 112 valence electrons. The molecule has 0 aromatic heterocycles. The molecule has 1 aromatic carbocycles. The van der Waals surface area contributed by atoms with Gasteiger partial charge in [-0.25, -0.2) is 8.42 Å². The predicted molar refractivity (Wildman–Crippen MR) is 80.6 cm³/mol. The number of rotatable bonds is 4. The van der Waals surface area contributed by atoms with Crippen molar-refractivity contribution in [1.82, 2.24) is 0 Å². The number of para-hydroxylation sites is 1. The van der Waals surface area contributed by atoms with Crippen LogP contribution < -0.4 is 5.32 Å². The average Bonchev–Trinajstić information content (AvgIpc) is 2.40. The average molecular weight is 297 g/mol. The van der Waals surface area contributed by atoms with E-state index in [0.29, 0.717) is 17.1 Å². The SMILES string of the molecule is CC1(CNc2ccccc2S(C)(=O)=O)CCCCC1O. The van der Waals surface area contributed by atoms with Gasteiger partial charge in [-0.05, 0) is 25.0 Å². The maximum absolute atomic E-state index is 11.8. The van der Waals surface area contributed by atoms with E-state index < -0.39 is 9.84 Å². The van der Waals surface area contributed by atoms with Gasteiger partial charge in [-0.1, -0.05) is 31.9 Å². The lowest BCUT2D eigenvalue weighted by Gasteiger charge is -2.39. The zero-order valence-corrected chi connectivity index (χ0v) is 12.9. The number of anilines is 1. The van der Waals surface area contributed by atoms with Crippen LogP contribution in [0.5, 0.6) is 0 Å². The molecule has 1 fully saturated rings. The van der Waals surface area contributed by atoms with E-state index in [-0.39, 0.29) is 11.5 Å². The molecule has 1 aliphatic carbocycles. The second kappa shape index (κ2) is 5.74. The lowest BCUT2D eigenvalue weighted by atomic mass is 9.73. The Morgan fingerprint density at radius 1 is 1.35 bits per heavy atom. The summed E-state index contributed by atoms with van der Waals surface area (Å²) in [5, 5.41) is 13.4. The summed E-state index contributed by atoms with van der Waals surface area (Å²) in [6, 6.07) is 6.92. The Balaban J connectivity index is 2.15. The summed E-state index contributed by atoms with van der Waals surface area (Å²) in [6.07, 6.45) is 4.85. The van der Waals surface area contributed by atoms with Crippen molar-refractivity contribution < 1.29 is 13.5 Å². The Kier molecular flexibility index (Phi) is 4.39. The predicted octanol–water partition coefficient (Wildman–Crippen LogP) is 2.44. The number of hydrogen-bond donors (Lipinski definition) is 2. The van der Waals surface area contributed by atoms with Crippen molar-refractivity contribution in [2.45, 2.75) is 43.6 Å². The van der Waals surface area contributed by atoms with Gasteiger partial charge < -0.3 is 10.4 Å². The highest BCUT2D eigenvalue weighted by Crippen LogP contribution is 2.36. The summed E-state index contributed by atoms with van der Waals surface area (Å²) in [5.41, 5.74) is 0.428. The van der Waals surface area contributed by atoms with Gasteiger partial charge in [-0.15, -0.1) is 0 Å². The van der Waals surface area contributed by atoms with Crippen molar-refractivity contribution in [3.8, 4) is 0 Å². The van der Waals surface area contributed by atoms with E-state index >= 15 is 0 Å². The second-order valence-electron chi connectivity index (χ2n) is 6.04. The zero-order chi connectivity index (χ0) is 14.8. The van der Waals surface area contributed by atoms with Gasteiger partial charge in [0.25, 0.3) is 0 Å². The van der Waals surface area contributed by atoms with Crippen LogP contribution in [-0.2, 0) is 9.84 Å². The third-order valence-electron chi connectivity index (χ3n) is 4.25. The second-order valence-corrected chi connectivity index (χ2v) is 8.02. The van der Waals surface area contributed by atoms with Gasteiger partial charge in [0.2, 0.25) is 0 Å². The van der Waals surface area contributed by atoms with E-state index in [2.05, 4.69) is 12.2 Å². The summed E-state index contributed by atoms with van der Waals surface area (Å²) in [6.45, 7) is 2.65. The highest BCUT2D eigenvalue weighted by Gasteiger charge is 2.35. The van der Waals surface area contributed by atoms with Crippen LogP contribution in [-0.4, -0.2) is 32.4 Å². The molecule has 1 saturated carbocycles. The number of benzene rings is 1. The molecule has 20 heavy (non-hydrogen) atoms. The smallest absolute Gasteiger partial charge is 0.177 e. The summed E-state index contributed by atoms with van der Waals surface area (Å²) in [5.74, 6) is 0. The van der Waals surface area contributed by atoms with Crippen LogP contribution in [0.15, 0.2) is 29.2 Å². The number of aliphatic hydroxyl groups is 1. The standard InChI is InChI=1S/C15H23NO3S/c1-15(10-6-5-9-14(15)17)11-16-12-7-3-4-8-13(12)20(2,18)19/h3-4,7-8,14,16-17H,5-6,9-11H2,1-2H3. The Hall–Kier alpha value is -1.07. The van der Waals surface area contributed by atoms with E-state index in [1.54, 1.807) is 18.2 Å². The first kappa shape index (κ1) is 15.3. The van der Waals surface area contributed by atoms with E-state index in [0.717, 1.165) is 25.7 Å². The molecule has 0 saturated heterocycles. The van der Waals surface area contributed by atoms with Crippen molar-refractivity contribution in [2.75, 3.05) is 18.1 Å². The molecule has 0 heterocycles. The van der Waals surface area contributed by atoms with Gasteiger partial charge >= 0.3 is 0 Å². The fourth-order valence-electron chi connectivity index (χ4n) is 2.82. The van der Waals surface area contributed by atoms with Crippen molar-refractivity contribution in [2.24, 2.45) is 5.41 Å². The molecule has 0 aliphatic heterocycles. The Bertz CT molecular complexity index is 570. The number of sulfone groups is 1. The lowest BCUT2D eigenvalue weighted by molar-refractivity contribution is 0.00960. The van der Waals surface area contributed by atoms with Crippen LogP contribution in [0, 0.1) is 5.41 Å². The summed E-state index contributed by atoms with van der Waals surface area (Å²) < 4.78 is 23.5. The highest BCUT2D eigenvalue weighted by molar-refractivity contribution is 7.90. The van der Waals surface area contributed by atoms with E-state index in [1.165, 1.54) is 6.26 Å². The Morgan fingerprint density at radius 2 is 2.05 bits per heavy atom. The van der Waals surface area contributed by atoms with Gasteiger partial charge in [0.05, 0.1) is 16.7 Å². The van der Waals surface area contributed by atoms with Crippen LogP contribution >= 0.6 is 0 Å². The van der Waals surface area contributed by atoms with Crippen molar-refractivity contribution in [1.29, 1.82) is 0 Å². The Morgan fingerprint density at radius 3 is 2.70 bits per heavy atom. The maximum Gasteiger partial charge on any atom is 0.177 e. The van der Waals surface area contributed by atoms with Gasteiger partial charge in [0, 0.05) is 18.2 Å². The maximum atomic E-state index is 11.8. The highest BCUT2D eigenvalue weighted by atomic mass is 32.2. The summed E-state index contributed by atoms with van der Waals surface area (Å²) in [4.78, 5) is 0.314. The lowest BCUT2D eigenvalue weighted by Crippen LogP contribution is -2.41. The first-order valence-corrected chi connectivity index (χ1v) is 8.93. The third-order valence-corrected chi connectivity index (χ3v) is 5.40. The monoisotopic (exact) mass is 297 g/mol. The summed E-state index contributed by atoms with van der Waals surface area (Å²) in [7, 11) is -3.24. The van der Waals surface area contributed by atoms with Crippen LogP contribution in [0.4, 0.5) is 5.69 Å². The molecular formula is C15H23NO3S. The van der Waals surface area contributed by atoms with E-state index in [9.17, 15) is 13.5 Å². The number of nitrogens with one attached hydrogen (secondary N) is 1. The minimum atomic E-state index is -3.24. The third kappa shape index (κ3) is 3.33. The van der Waals surface area contributed by atoms with Crippen LogP contribution in [0.25, 0.3) is 0 Å². The largest absolute Gasteiger partial charge is 0.392 e. The molecule has 0 amide bonds. The quantitative estimate of drug-likeness (QED) is 0.896. The molecular weight excluding hydrogens is 274 g/mol. The van der Waals surface area contributed by atoms with Gasteiger partial charge in [0.15, 0.2) is 9.84 Å². The fourth-order valence-corrected chi connectivity index (χ4v) is 3.69. The molecule has 2 unspecified atom stereocenters. The first-order chi connectivity index (χ1) is 9.33. The van der Waals surface area contributed by atoms with Gasteiger partial charge in [-0.3, -0.25) is 0 Å². The number of hydrogen-bond acceptors (Lipinski definition) is 4. The van der Waals surface area contributed by atoms with E-state index in [4.69, 9.17) is 0 Å². The van der Waals surface area contributed by atoms with Crippen LogP contribution in [0.1, 0.15) is 32.6 Å². The zero-order valence-electron chi connectivity index (χ0n) is 12.1. The molecule has 5 heteroatoms. The minimum absolute atomic E-state index is 0.192. The van der Waals surface area contributed by atoms with E-state index in [1.807, 2.05) is 6.07 Å². The van der Waals surface area contributed by atoms with Crippen molar-refractivity contribution >= 4 is 15.5 Å². The normalized spacial score (nSPS) is 27.2. The Labute approximate surface area is 121 Å². The van der Waals surface area contributed by atoms with Crippen molar-refractivity contribution in [3.63, 3.8) is 0 Å². The molecule has 0 bridgehead atoms. The number of aliphatic hydroxyl groups excluding tert-OH is 1. The first-order valence-electron chi connectivity index (χ1n) is 7.04. The minimum Gasteiger partial charge on any atom is -0.392 e. The van der Waals surface area contributed by atoms with Crippen LogP contribution in [0.3, 0.4) is 0 Å². The molecule has 1 aromatic rings. The molecule has 2 rings (SSSR count). The molecule has 0 spiro atoms. The van der Waals surface area contributed by atoms with Crippen LogP contribution in [0.2, 0.25) is 0 Å². The molecule has 2 N–H and O–H groups in total. The van der Waals surface area contributed by atoms with Crippen molar-refractivity contribution in [3.05, 3.63) is 24.3 Å². The fraction of sp³-hybridized carbons (Fsp3) is 0.600. The van der Waals surface area contributed by atoms with Gasteiger partial charge in [-0.2, -0.15) is 0 Å². The molecule has 1 aliphatic rings. The molecule has 2 atom stereocenters. The molecule has 0 radical (unpaired) electrons. The summed E-state index contributed by atoms with van der Waals surface area (Å²) >= 11 is 0. The van der Waals surface area contributed by atoms with Gasteiger partial charge in [0.1, 0.15) is 0 Å². The molecule has 4 nitrogen and oxygen atoms in total.